The number of likely N-dealkylation sites (N-methyl/N-ethyl adjacent to an activating group) is 1. The fraction of sp³-hybridized carbons (Fsp3) is 0.316. The highest BCUT2D eigenvalue weighted by Crippen LogP contribution is 2.24. The Bertz CT molecular complexity index is 633. The fourth-order valence-electron chi connectivity index (χ4n) is 3.05. The Labute approximate surface area is 132 Å². The molecule has 2 aromatic rings. The lowest BCUT2D eigenvalue weighted by atomic mass is 9.99. The predicted molar refractivity (Wildman–Crippen MR) is 89.4 cm³/mol. The average molecular weight is 294 g/mol. The number of carbonyl (C=O) groups is 1. The Morgan fingerprint density at radius 1 is 1.14 bits per heavy atom. The molecule has 1 amide bonds. The van der Waals surface area contributed by atoms with E-state index in [-0.39, 0.29) is 11.9 Å². The number of hydrogen-bond donors (Lipinski definition) is 1. The van der Waals surface area contributed by atoms with Gasteiger partial charge >= 0.3 is 0 Å². The van der Waals surface area contributed by atoms with Crippen LogP contribution in [0.4, 0.5) is 0 Å². The molecule has 0 spiro atoms. The van der Waals surface area contributed by atoms with Crippen molar-refractivity contribution >= 4 is 5.91 Å². The number of hydrogen-bond acceptors (Lipinski definition) is 2. The van der Waals surface area contributed by atoms with E-state index < -0.39 is 0 Å². The van der Waals surface area contributed by atoms with Gasteiger partial charge in [-0.1, -0.05) is 54.6 Å². The lowest BCUT2D eigenvalue weighted by Crippen LogP contribution is -2.41. The Kier molecular flexibility index (Phi) is 4.54. The third-order valence-electron chi connectivity index (χ3n) is 4.24. The minimum absolute atomic E-state index is 0.00566. The minimum atomic E-state index is -0.00566. The second-order valence-electron chi connectivity index (χ2n) is 5.87. The maximum Gasteiger partial charge on any atom is 0.239 e. The van der Waals surface area contributed by atoms with E-state index in [2.05, 4.69) is 29.6 Å². The molecule has 3 nitrogen and oxygen atoms in total. The van der Waals surface area contributed by atoms with Crippen LogP contribution in [0.25, 0.3) is 11.1 Å². The molecular formula is C19H22N2O. The van der Waals surface area contributed by atoms with Crippen LogP contribution in [0.15, 0.2) is 54.6 Å². The average Bonchev–Trinajstić information content (AvgIpc) is 3.10. The molecule has 1 heterocycles. The van der Waals surface area contributed by atoms with Gasteiger partial charge in [0.15, 0.2) is 0 Å². The fourth-order valence-corrected chi connectivity index (χ4v) is 3.05. The third-order valence-corrected chi connectivity index (χ3v) is 4.24. The first-order chi connectivity index (χ1) is 10.8. The lowest BCUT2D eigenvalue weighted by Gasteiger charge is -2.22. The van der Waals surface area contributed by atoms with Crippen LogP contribution in [0.2, 0.25) is 0 Å². The monoisotopic (exact) mass is 294 g/mol. The SMILES string of the molecule is CN(Cc1ccccc1-c1ccccc1)C(=O)C1CCCN1. The van der Waals surface area contributed by atoms with E-state index in [0.717, 1.165) is 19.4 Å². The summed E-state index contributed by atoms with van der Waals surface area (Å²) in [4.78, 5) is 14.3. The topological polar surface area (TPSA) is 32.3 Å². The number of carbonyl (C=O) groups excluding carboxylic acids is 1. The van der Waals surface area contributed by atoms with Gasteiger partial charge in [0.2, 0.25) is 5.91 Å². The van der Waals surface area contributed by atoms with Crippen LogP contribution in [0, 0.1) is 0 Å². The number of nitrogens with one attached hydrogen (secondary N) is 1. The summed E-state index contributed by atoms with van der Waals surface area (Å²) in [6.45, 7) is 1.59. The van der Waals surface area contributed by atoms with Crippen molar-refractivity contribution in [2.75, 3.05) is 13.6 Å². The molecule has 0 aromatic heterocycles. The molecule has 0 radical (unpaired) electrons. The second-order valence-corrected chi connectivity index (χ2v) is 5.87. The van der Waals surface area contributed by atoms with Crippen molar-refractivity contribution in [1.29, 1.82) is 0 Å². The molecule has 0 bridgehead atoms. The van der Waals surface area contributed by atoms with Crippen molar-refractivity contribution in [2.45, 2.75) is 25.4 Å². The summed E-state index contributed by atoms with van der Waals surface area (Å²) in [5.41, 5.74) is 3.57. The third kappa shape index (κ3) is 3.20. The quantitative estimate of drug-likeness (QED) is 0.940. The summed E-state index contributed by atoms with van der Waals surface area (Å²) >= 11 is 0. The van der Waals surface area contributed by atoms with Crippen LogP contribution in [0.1, 0.15) is 18.4 Å². The molecular weight excluding hydrogens is 272 g/mol. The Morgan fingerprint density at radius 3 is 2.59 bits per heavy atom. The molecule has 1 N–H and O–H groups in total. The summed E-state index contributed by atoms with van der Waals surface area (Å²) in [7, 11) is 1.89. The molecule has 3 rings (SSSR count). The minimum Gasteiger partial charge on any atom is -0.340 e. The van der Waals surface area contributed by atoms with Crippen molar-refractivity contribution in [2.24, 2.45) is 0 Å². The molecule has 2 aromatic carbocycles. The van der Waals surface area contributed by atoms with Crippen LogP contribution in [-0.2, 0) is 11.3 Å². The van der Waals surface area contributed by atoms with Crippen molar-refractivity contribution in [1.82, 2.24) is 10.2 Å². The van der Waals surface area contributed by atoms with Gasteiger partial charge in [-0.3, -0.25) is 4.79 Å². The molecule has 3 heteroatoms. The van der Waals surface area contributed by atoms with E-state index >= 15 is 0 Å². The van der Waals surface area contributed by atoms with Crippen LogP contribution in [0.3, 0.4) is 0 Å². The highest BCUT2D eigenvalue weighted by molar-refractivity contribution is 5.82. The van der Waals surface area contributed by atoms with Gasteiger partial charge in [-0.2, -0.15) is 0 Å². The molecule has 0 aliphatic carbocycles. The highest BCUT2D eigenvalue weighted by Gasteiger charge is 2.25. The highest BCUT2D eigenvalue weighted by atomic mass is 16.2. The van der Waals surface area contributed by atoms with Gasteiger partial charge in [-0.25, -0.2) is 0 Å². The summed E-state index contributed by atoms with van der Waals surface area (Å²) < 4.78 is 0. The second kappa shape index (κ2) is 6.75. The Balaban J connectivity index is 1.79. The van der Waals surface area contributed by atoms with Gasteiger partial charge in [0.05, 0.1) is 6.04 Å². The molecule has 22 heavy (non-hydrogen) atoms. The summed E-state index contributed by atoms with van der Waals surface area (Å²) in [5, 5.41) is 3.28. The van der Waals surface area contributed by atoms with E-state index in [0.29, 0.717) is 6.54 Å². The molecule has 1 aliphatic rings. The standard InChI is InChI=1S/C19H22N2O/c1-21(19(22)18-12-7-13-20-18)14-16-10-5-6-11-17(16)15-8-3-2-4-9-15/h2-6,8-11,18,20H,7,12-14H2,1H3. The van der Waals surface area contributed by atoms with Crippen molar-refractivity contribution < 1.29 is 4.79 Å². The molecule has 0 saturated carbocycles. The smallest absolute Gasteiger partial charge is 0.239 e. The van der Waals surface area contributed by atoms with Gasteiger partial charge in [-0.05, 0) is 36.1 Å². The largest absolute Gasteiger partial charge is 0.340 e. The van der Waals surface area contributed by atoms with Gasteiger partial charge in [0, 0.05) is 13.6 Å². The van der Waals surface area contributed by atoms with Crippen LogP contribution in [0.5, 0.6) is 0 Å². The van der Waals surface area contributed by atoms with Gasteiger partial charge in [-0.15, -0.1) is 0 Å². The Morgan fingerprint density at radius 2 is 1.86 bits per heavy atom. The zero-order valence-electron chi connectivity index (χ0n) is 13.0. The molecule has 1 unspecified atom stereocenters. The van der Waals surface area contributed by atoms with Crippen molar-refractivity contribution in [3.05, 3.63) is 60.2 Å². The van der Waals surface area contributed by atoms with Crippen molar-refractivity contribution in [3.63, 3.8) is 0 Å². The summed E-state index contributed by atoms with van der Waals surface area (Å²) in [6, 6.07) is 18.6. The van der Waals surface area contributed by atoms with E-state index in [1.54, 1.807) is 0 Å². The van der Waals surface area contributed by atoms with Crippen molar-refractivity contribution in [3.8, 4) is 11.1 Å². The normalized spacial score (nSPS) is 17.4. The van der Waals surface area contributed by atoms with Gasteiger partial charge < -0.3 is 10.2 Å². The molecule has 1 atom stereocenters. The lowest BCUT2D eigenvalue weighted by molar-refractivity contribution is -0.132. The van der Waals surface area contributed by atoms with Gasteiger partial charge in [0.25, 0.3) is 0 Å². The van der Waals surface area contributed by atoms with Crippen LogP contribution in [-0.4, -0.2) is 30.4 Å². The first-order valence-electron chi connectivity index (χ1n) is 7.87. The molecule has 1 saturated heterocycles. The van der Waals surface area contributed by atoms with E-state index in [4.69, 9.17) is 0 Å². The number of amides is 1. The summed E-state index contributed by atoms with van der Waals surface area (Å²) in [5.74, 6) is 0.195. The predicted octanol–water partition coefficient (Wildman–Crippen LogP) is 3.06. The number of rotatable bonds is 4. The maximum atomic E-state index is 12.5. The summed E-state index contributed by atoms with van der Waals surface area (Å²) in [6.07, 6.45) is 2.04. The molecule has 114 valence electrons. The van der Waals surface area contributed by atoms with Crippen LogP contribution < -0.4 is 5.32 Å². The first kappa shape index (κ1) is 14.8. The van der Waals surface area contributed by atoms with E-state index in [1.807, 2.05) is 42.3 Å². The first-order valence-corrected chi connectivity index (χ1v) is 7.87. The zero-order chi connectivity index (χ0) is 15.4. The molecule has 1 aliphatic heterocycles. The zero-order valence-corrected chi connectivity index (χ0v) is 13.0. The number of nitrogens with zero attached hydrogens (tertiary/aromatic N) is 1. The maximum absolute atomic E-state index is 12.5. The van der Waals surface area contributed by atoms with E-state index in [1.165, 1.54) is 16.7 Å². The van der Waals surface area contributed by atoms with E-state index in [9.17, 15) is 4.79 Å². The van der Waals surface area contributed by atoms with Crippen LogP contribution >= 0.6 is 0 Å². The Hall–Kier alpha value is -2.13. The van der Waals surface area contributed by atoms with Gasteiger partial charge in [0.1, 0.15) is 0 Å². The number of benzene rings is 2. The molecule has 1 fully saturated rings.